The van der Waals surface area contributed by atoms with E-state index in [2.05, 4.69) is 0 Å². The van der Waals surface area contributed by atoms with Gasteiger partial charge in [-0.25, -0.2) is 0 Å². The van der Waals surface area contributed by atoms with Gasteiger partial charge in [-0.1, -0.05) is 46.0 Å². The molecule has 0 aromatic carbocycles. The van der Waals surface area contributed by atoms with Crippen LogP contribution < -0.4 is 5.73 Å². The van der Waals surface area contributed by atoms with E-state index in [1.165, 1.54) is 32.1 Å². The summed E-state index contributed by atoms with van der Waals surface area (Å²) < 4.78 is 0. The van der Waals surface area contributed by atoms with Crippen LogP contribution in [0.25, 0.3) is 0 Å². The fourth-order valence-electron chi connectivity index (χ4n) is 2.85. The summed E-state index contributed by atoms with van der Waals surface area (Å²) in [6.45, 7) is 4.09. The van der Waals surface area contributed by atoms with Gasteiger partial charge in [0.1, 0.15) is 0 Å². The quantitative estimate of drug-likeness (QED) is 0.669. The van der Waals surface area contributed by atoms with E-state index in [0.29, 0.717) is 18.3 Å². The van der Waals surface area contributed by atoms with Crippen LogP contribution in [-0.4, -0.2) is 28.5 Å². The molecule has 0 aromatic rings. The van der Waals surface area contributed by atoms with Gasteiger partial charge in [0.25, 0.3) is 0 Å². The Bertz CT molecular complexity index is 202. The van der Waals surface area contributed by atoms with E-state index in [4.69, 9.17) is 5.73 Å². The molecule has 1 aliphatic rings. The van der Waals surface area contributed by atoms with Crippen LogP contribution in [0, 0.1) is 11.8 Å². The third kappa shape index (κ3) is 5.36. The normalized spacial score (nSPS) is 23.6. The van der Waals surface area contributed by atoms with E-state index in [9.17, 15) is 10.2 Å². The predicted octanol–water partition coefficient (Wildman–Crippen LogP) is 2.05. The molecule has 17 heavy (non-hydrogen) atoms. The third-order valence-electron chi connectivity index (χ3n) is 3.88. The summed E-state index contributed by atoms with van der Waals surface area (Å²) in [5.74, 6) is 1.04. The first kappa shape index (κ1) is 14.9. The van der Waals surface area contributed by atoms with Crippen molar-refractivity contribution < 1.29 is 10.2 Å². The van der Waals surface area contributed by atoms with Crippen LogP contribution in [0.5, 0.6) is 0 Å². The van der Waals surface area contributed by atoms with E-state index < -0.39 is 12.2 Å². The average Bonchev–Trinajstić information content (AvgIpc) is 2.28. The molecule has 102 valence electrons. The molecular weight excluding hydrogens is 214 g/mol. The zero-order valence-corrected chi connectivity index (χ0v) is 11.3. The van der Waals surface area contributed by atoms with Gasteiger partial charge in [-0.15, -0.1) is 0 Å². The van der Waals surface area contributed by atoms with Gasteiger partial charge in [-0.2, -0.15) is 0 Å². The maximum absolute atomic E-state index is 9.99. The summed E-state index contributed by atoms with van der Waals surface area (Å²) in [5, 5.41) is 19.8. The van der Waals surface area contributed by atoms with Crippen LogP contribution in [0.15, 0.2) is 0 Å². The van der Waals surface area contributed by atoms with Crippen molar-refractivity contribution in [1.82, 2.24) is 0 Å². The largest absolute Gasteiger partial charge is 0.390 e. The summed E-state index contributed by atoms with van der Waals surface area (Å²) in [5.41, 5.74) is 6.01. The molecule has 0 aliphatic heterocycles. The first-order valence-electron chi connectivity index (χ1n) is 7.12. The van der Waals surface area contributed by atoms with E-state index in [0.717, 1.165) is 6.42 Å². The summed E-state index contributed by atoms with van der Waals surface area (Å²) >= 11 is 0. The van der Waals surface area contributed by atoms with Gasteiger partial charge < -0.3 is 15.9 Å². The fourth-order valence-corrected chi connectivity index (χ4v) is 2.85. The SMILES string of the molecule is CC(C)CC(O)C(O)C(N)CC1CCCCC1. The van der Waals surface area contributed by atoms with Gasteiger partial charge in [-0.05, 0) is 24.7 Å². The molecule has 0 amide bonds. The Morgan fingerprint density at radius 3 is 2.24 bits per heavy atom. The van der Waals surface area contributed by atoms with Gasteiger partial charge in [0.05, 0.1) is 12.2 Å². The topological polar surface area (TPSA) is 66.5 Å². The van der Waals surface area contributed by atoms with Gasteiger partial charge in [0, 0.05) is 6.04 Å². The summed E-state index contributed by atoms with van der Waals surface area (Å²) in [4.78, 5) is 0. The molecule has 0 spiro atoms. The smallest absolute Gasteiger partial charge is 0.0949 e. The highest BCUT2D eigenvalue weighted by Crippen LogP contribution is 2.28. The van der Waals surface area contributed by atoms with Crippen molar-refractivity contribution in [2.75, 3.05) is 0 Å². The van der Waals surface area contributed by atoms with Crippen molar-refractivity contribution in [3.05, 3.63) is 0 Å². The standard InChI is InChI=1S/C14H29NO2/c1-10(2)8-13(16)14(17)12(15)9-11-6-4-3-5-7-11/h10-14,16-17H,3-9,15H2,1-2H3. The Morgan fingerprint density at radius 1 is 1.12 bits per heavy atom. The molecule has 0 aromatic heterocycles. The van der Waals surface area contributed by atoms with E-state index in [-0.39, 0.29) is 6.04 Å². The molecule has 1 aliphatic carbocycles. The van der Waals surface area contributed by atoms with Crippen LogP contribution in [0.1, 0.15) is 58.8 Å². The number of nitrogens with two attached hydrogens (primary N) is 1. The Labute approximate surface area is 105 Å². The van der Waals surface area contributed by atoms with Crippen molar-refractivity contribution in [3.8, 4) is 0 Å². The minimum Gasteiger partial charge on any atom is -0.390 e. The highest BCUT2D eigenvalue weighted by atomic mass is 16.3. The molecule has 1 saturated carbocycles. The zero-order valence-electron chi connectivity index (χ0n) is 11.3. The number of aliphatic hydroxyl groups is 2. The highest BCUT2D eigenvalue weighted by Gasteiger charge is 2.26. The maximum atomic E-state index is 9.99. The number of aliphatic hydroxyl groups excluding tert-OH is 2. The fraction of sp³-hybridized carbons (Fsp3) is 1.00. The summed E-state index contributed by atoms with van der Waals surface area (Å²) in [7, 11) is 0. The van der Waals surface area contributed by atoms with Gasteiger partial charge in [0.15, 0.2) is 0 Å². The Kier molecular flexibility index (Phi) is 6.45. The minimum absolute atomic E-state index is 0.271. The van der Waals surface area contributed by atoms with E-state index in [1.54, 1.807) is 0 Å². The van der Waals surface area contributed by atoms with Crippen LogP contribution in [0.4, 0.5) is 0 Å². The molecule has 1 fully saturated rings. The summed E-state index contributed by atoms with van der Waals surface area (Å²) in [6.07, 6.45) is 6.44. The number of hydrogen-bond acceptors (Lipinski definition) is 3. The summed E-state index contributed by atoms with van der Waals surface area (Å²) in [6, 6.07) is -0.271. The monoisotopic (exact) mass is 243 g/mol. The lowest BCUT2D eigenvalue weighted by Gasteiger charge is -2.29. The third-order valence-corrected chi connectivity index (χ3v) is 3.88. The van der Waals surface area contributed by atoms with Gasteiger partial charge in [0.2, 0.25) is 0 Å². The first-order valence-corrected chi connectivity index (χ1v) is 7.12. The number of rotatable bonds is 6. The van der Waals surface area contributed by atoms with Crippen LogP contribution in [0.3, 0.4) is 0 Å². The van der Waals surface area contributed by atoms with Crippen LogP contribution >= 0.6 is 0 Å². The predicted molar refractivity (Wildman–Crippen MR) is 70.6 cm³/mol. The molecule has 4 N–H and O–H groups in total. The van der Waals surface area contributed by atoms with Gasteiger partial charge in [-0.3, -0.25) is 0 Å². The molecule has 1 rings (SSSR count). The highest BCUT2D eigenvalue weighted by molar-refractivity contribution is 4.82. The van der Waals surface area contributed by atoms with Crippen LogP contribution in [0.2, 0.25) is 0 Å². The molecule has 3 atom stereocenters. The second-order valence-corrected chi connectivity index (χ2v) is 6.09. The molecule has 3 unspecified atom stereocenters. The van der Waals surface area contributed by atoms with Gasteiger partial charge >= 0.3 is 0 Å². The molecule has 0 heterocycles. The van der Waals surface area contributed by atoms with Crippen molar-refractivity contribution in [2.45, 2.75) is 77.0 Å². The molecule has 0 saturated heterocycles. The first-order chi connectivity index (χ1) is 8.00. The Hall–Kier alpha value is -0.120. The number of hydrogen-bond donors (Lipinski definition) is 3. The molecule has 3 heteroatoms. The Balaban J connectivity index is 2.31. The lowest BCUT2D eigenvalue weighted by atomic mass is 9.83. The van der Waals surface area contributed by atoms with Crippen LogP contribution in [-0.2, 0) is 0 Å². The maximum Gasteiger partial charge on any atom is 0.0949 e. The molecule has 0 bridgehead atoms. The van der Waals surface area contributed by atoms with E-state index in [1.807, 2.05) is 13.8 Å². The molecule has 3 nitrogen and oxygen atoms in total. The second kappa shape index (κ2) is 7.34. The minimum atomic E-state index is -0.765. The Morgan fingerprint density at radius 2 is 1.71 bits per heavy atom. The van der Waals surface area contributed by atoms with Crippen molar-refractivity contribution >= 4 is 0 Å². The second-order valence-electron chi connectivity index (χ2n) is 6.09. The molecule has 0 radical (unpaired) electrons. The average molecular weight is 243 g/mol. The van der Waals surface area contributed by atoms with Crippen molar-refractivity contribution in [2.24, 2.45) is 17.6 Å². The zero-order chi connectivity index (χ0) is 12.8. The van der Waals surface area contributed by atoms with E-state index >= 15 is 0 Å². The van der Waals surface area contributed by atoms with Crippen molar-refractivity contribution in [3.63, 3.8) is 0 Å². The lowest BCUT2D eigenvalue weighted by Crippen LogP contribution is -2.44. The molecular formula is C14H29NO2. The lowest BCUT2D eigenvalue weighted by molar-refractivity contribution is -0.0117. The van der Waals surface area contributed by atoms with Crippen molar-refractivity contribution in [1.29, 1.82) is 0 Å².